The lowest BCUT2D eigenvalue weighted by Gasteiger charge is -2.37. The number of nitrogens with zero attached hydrogens (tertiary/aromatic N) is 1. The van der Waals surface area contributed by atoms with E-state index in [1.165, 1.54) is 24.0 Å². The second-order valence-electron chi connectivity index (χ2n) is 8.25. The van der Waals surface area contributed by atoms with Crippen molar-refractivity contribution in [2.75, 3.05) is 6.54 Å². The molecule has 9 heteroatoms. The van der Waals surface area contributed by atoms with Crippen LogP contribution in [0.25, 0.3) is 0 Å². The average molecular weight is 457 g/mol. The van der Waals surface area contributed by atoms with Crippen LogP contribution in [0.1, 0.15) is 44.2 Å². The van der Waals surface area contributed by atoms with E-state index in [1.807, 2.05) is 0 Å². The Hall–Kier alpha value is -2.42. The molecular weight excluding hydrogens is 434 g/mol. The first-order valence-corrected chi connectivity index (χ1v) is 11.3. The molecule has 0 radical (unpaired) electrons. The summed E-state index contributed by atoms with van der Waals surface area (Å²) in [6.45, 7) is 5.12. The minimum Gasteiger partial charge on any atom is -0.336 e. The molecule has 1 saturated heterocycles. The number of benzene rings is 2. The third-order valence-electron chi connectivity index (χ3n) is 6.05. The zero-order chi connectivity index (χ0) is 23.2. The highest BCUT2D eigenvalue weighted by molar-refractivity contribution is 7.92. The standard InChI is InChI=1S/C22H23F4NO3S/c1-14(31(29,30)18-10-8-17(23)9-11-18)20(28)27-13-12-19(21(27,2)3)15-4-6-16(7-5-15)22(24,25)26/h4-11,14,19H,12-13H2,1-3H3. The Morgan fingerprint density at radius 1 is 1.06 bits per heavy atom. The number of amides is 1. The second-order valence-corrected chi connectivity index (χ2v) is 10.5. The molecule has 0 aliphatic carbocycles. The van der Waals surface area contributed by atoms with E-state index < -0.39 is 44.1 Å². The van der Waals surface area contributed by atoms with Crippen LogP contribution in [0, 0.1) is 5.82 Å². The maximum Gasteiger partial charge on any atom is 0.416 e. The van der Waals surface area contributed by atoms with Gasteiger partial charge in [0, 0.05) is 18.0 Å². The molecule has 4 nitrogen and oxygen atoms in total. The van der Waals surface area contributed by atoms with Crippen LogP contribution in [0.2, 0.25) is 0 Å². The summed E-state index contributed by atoms with van der Waals surface area (Å²) >= 11 is 0. The highest BCUT2D eigenvalue weighted by Crippen LogP contribution is 2.43. The first-order valence-electron chi connectivity index (χ1n) is 9.74. The van der Waals surface area contributed by atoms with E-state index in [4.69, 9.17) is 0 Å². The van der Waals surface area contributed by atoms with Gasteiger partial charge in [-0.3, -0.25) is 4.79 Å². The fourth-order valence-corrected chi connectivity index (χ4v) is 5.46. The zero-order valence-electron chi connectivity index (χ0n) is 17.3. The van der Waals surface area contributed by atoms with E-state index >= 15 is 0 Å². The largest absolute Gasteiger partial charge is 0.416 e. The third-order valence-corrected chi connectivity index (χ3v) is 8.11. The Balaban J connectivity index is 1.84. The van der Waals surface area contributed by atoms with Crippen molar-refractivity contribution in [3.05, 3.63) is 65.5 Å². The Bertz CT molecular complexity index is 1060. The fraction of sp³-hybridized carbons (Fsp3) is 0.409. The number of hydrogen-bond donors (Lipinski definition) is 0. The van der Waals surface area contributed by atoms with Crippen molar-refractivity contribution in [2.45, 2.75) is 55.0 Å². The van der Waals surface area contributed by atoms with Crippen molar-refractivity contribution in [1.29, 1.82) is 0 Å². The summed E-state index contributed by atoms with van der Waals surface area (Å²) in [6, 6.07) is 9.11. The maximum absolute atomic E-state index is 13.1. The van der Waals surface area contributed by atoms with Gasteiger partial charge >= 0.3 is 6.18 Å². The number of sulfone groups is 1. The van der Waals surface area contributed by atoms with Gasteiger partial charge in [-0.15, -0.1) is 0 Å². The minimum atomic E-state index is -4.43. The van der Waals surface area contributed by atoms with E-state index in [1.54, 1.807) is 13.8 Å². The van der Waals surface area contributed by atoms with Crippen molar-refractivity contribution in [3.8, 4) is 0 Å². The van der Waals surface area contributed by atoms with Crippen molar-refractivity contribution >= 4 is 15.7 Å². The summed E-state index contributed by atoms with van der Waals surface area (Å²) in [5.74, 6) is -1.43. The smallest absolute Gasteiger partial charge is 0.336 e. The van der Waals surface area contributed by atoms with Gasteiger partial charge in [0.1, 0.15) is 11.1 Å². The van der Waals surface area contributed by atoms with Crippen molar-refractivity contribution < 1.29 is 30.8 Å². The molecule has 1 aliphatic heterocycles. The number of halogens is 4. The SMILES string of the molecule is CC(C(=O)N1CCC(c2ccc(C(F)(F)F)cc2)C1(C)C)S(=O)(=O)c1ccc(F)cc1. The maximum atomic E-state index is 13.1. The monoisotopic (exact) mass is 457 g/mol. The average Bonchev–Trinajstić information content (AvgIpc) is 3.01. The van der Waals surface area contributed by atoms with Gasteiger partial charge in [0.2, 0.25) is 5.91 Å². The highest BCUT2D eigenvalue weighted by atomic mass is 32.2. The third kappa shape index (κ3) is 4.33. The van der Waals surface area contributed by atoms with Crippen molar-refractivity contribution in [1.82, 2.24) is 4.90 Å². The van der Waals surface area contributed by atoms with Crippen LogP contribution in [0.15, 0.2) is 53.4 Å². The van der Waals surface area contributed by atoms with Crippen LogP contribution >= 0.6 is 0 Å². The van der Waals surface area contributed by atoms with E-state index in [2.05, 4.69) is 0 Å². The molecule has 2 atom stereocenters. The van der Waals surface area contributed by atoms with Gasteiger partial charge in [-0.25, -0.2) is 12.8 Å². The fourth-order valence-electron chi connectivity index (χ4n) is 4.14. The van der Waals surface area contributed by atoms with Crippen molar-refractivity contribution in [2.24, 2.45) is 0 Å². The summed E-state index contributed by atoms with van der Waals surface area (Å²) in [4.78, 5) is 14.5. The van der Waals surface area contributed by atoms with Gasteiger partial charge < -0.3 is 4.90 Å². The quantitative estimate of drug-likeness (QED) is 0.490. The van der Waals surface area contributed by atoms with Crippen LogP contribution in [-0.2, 0) is 20.8 Å². The normalized spacial score (nSPS) is 20.0. The van der Waals surface area contributed by atoms with Gasteiger partial charge in [0.05, 0.1) is 10.5 Å². The topological polar surface area (TPSA) is 54.5 Å². The predicted molar refractivity (Wildman–Crippen MR) is 108 cm³/mol. The first-order chi connectivity index (χ1) is 14.3. The molecule has 0 N–H and O–H groups in total. The molecule has 0 saturated carbocycles. The van der Waals surface area contributed by atoms with Crippen LogP contribution in [0.3, 0.4) is 0 Å². The number of carbonyl (C=O) groups excluding carboxylic acids is 1. The van der Waals surface area contributed by atoms with Gasteiger partial charge in [-0.1, -0.05) is 12.1 Å². The molecule has 31 heavy (non-hydrogen) atoms. The van der Waals surface area contributed by atoms with Gasteiger partial charge in [-0.2, -0.15) is 13.2 Å². The molecule has 2 aromatic rings. The number of alkyl halides is 3. The van der Waals surface area contributed by atoms with E-state index in [-0.39, 0.29) is 17.4 Å². The Morgan fingerprint density at radius 3 is 2.13 bits per heavy atom. The van der Waals surface area contributed by atoms with Crippen LogP contribution in [0.5, 0.6) is 0 Å². The van der Waals surface area contributed by atoms with E-state index in [0.717, 1.165) is 36.4 Å². The molecule has 1 amide bonds. The molecule has 1 fully saturated rings. The second kappa shape index (κ2) is 7.93. The van der Waals surface area contributed by atoms with Crippen molar-refractivity contribution in [3.63, 3.8) is 0 Å². The number of rotatable bonds is 4. The number of likely N-dealkylation sites (tertiary alicyclic amines) is 1. The summed E-state index contributed by atoms with van der Waals surface area (Å²) < 4.78 is 77.4. The molecule has 0 bridgehead atoms. The molecule has 1 aliphatic rings. The molecule has 0 aromatic heterocycles. The zero-order valence-corrected chi connectivity index (χ0v) is 18.1. The lowest BCUT2D eigenvalue weighted by atomic mass is 9.82. The summed E-state index contributed by atoms with van der Waals surface area (Å²) in [6.07, 6.45) is -3.94. The Morgan fingerprint density at radius 2 is 1.61 bits per heavy atom. The Kier molecular flexibility index (Phi) is 5.94. The van der Waals surface area contributed by atoms with Crippen LogP contribution < -0.4 is 0 Å². The van der Waals surface area contributed by atoms with E-state index in [9.17, 15) is 30.8 Å². The van der Waals surface area contributed by atoms with Gasteiger partial charge in [-0.05, 0) is 69.2 Å². The lowest BCUT2D eigenvalue weighted by Crippen LogP contribution is -2.50. The molecule has 2 aromatic carbocycles. The summed E-state index contributed by atoms with van der Waals surface area (Å²) in [5, 5.41) is -1.39. The Labute approximate surface area is 178 Å². The molecular formula is C22H23F4NO3S. The molecule has 1 heterocycles. The molecule has 168 valence electrons. The first kappa shape index (κ1) is 23.2. The van der Waals surface area contributed by atoms with E-state index in [0.29, 0.717) is 12.0 Å². The van der Waals surface area contributed by atoms with Gasteiger partial charge in [0.25, 0.3) is 0 Å². The number of hydrogen-bond acceptors (Lipinski definition) is 3. The number of carbonyl (C=O) groups is 1. The summed E-state index contributed by atoms with van der Waals surface area (Å²) in [5.41, 5.74) is -0.898. The van der Waals surface area contributed by atoms with Crippen LogP contribution in [-0.4, -0.2) is 36.6 Å². The molecule has 2 unspecified atom stereocenters. The summed E-state index contributed by atoms with van der Waals surface area (Å²) in [7, 11) is -4.03. The molecule has 0 spiro atoms. The highest BCUT2D eigenvalue weighted by Gasteiger charge is 2.47. The predicted octanol–water partition coefficient (Wildman–Crippen LogP) is 4.80. The van der Waals surface area contributed by atoms with Crippen LogP contribution in [0.4, 0.5) is 17.6 Å². The molecule has 3 rings (SSSR count). The minimum absolute atomic E-state index is 0.147. The van der Waals surface area contributed by atoms with Gasteiger partial charge in [0.15, 0.2) is 9.84 Å². The lowest BCUT2D eigenvalue weighted by molar-refractivity contribution is -0.137.